The molecule has 0 aliphatic carbocycles. The fourth-order valence-electron chi connectivity index (χ4n) is 3.33. The molecule has 0 radical (unpaired) electrons. The molecule has 37 heavy (non-hydrogen) atoms. The summed E-state index contributed by atoms with van der Waals surface area (Å²) in [4.78, 5) is 35.9. The van der Waals surface area contributed by atoms with E-state index in [2.05, 4.69) is 22.0 Å². The number of aromatic nitrogens is 3. The van der Waals surface area contributed by atoms with Gasteiger partial charge in [-0.15, -0.1) is 0 Å². The number of hydrogen-bond acceptors (Lipinski definition) is 11. The van der Waals surface area contributed by atoms with E-state index in [1.54, 1.807) is 25.5 Å². The first-order chi connectivity index (χ1) is 17.5. The lowest BCUT2D eigenvalue weighted by molar-refractivity contribution is -0.142. The zero-order valence-electron chi connectivity index (χ0n) is 21.1. The number of aryl methyl sites for hydroxylation is 1. The van der Waals surface area contributed by atoms with E-state index in [9.17, 15) is 14.4 Å². The van der Waals surface area contributed by atoms with Crippen LogP contribution in [-0.4, -0.2) is 81.9 Å². The van der Waals surface area contributed by atoms with Crippen LogP contribution in [-0.2, 0) is 30.2 Å². The van der Waals surface area contributed by atoms with E-state index in [0.29, 0.717) is 31.7 Å². The second-order valence-corrected chi connectivity index (χ2v) is 8.93. The minimum absolute atomic E-state index is 0.0873. The van der Waals surface area contributed by atoms with Gasteiger partial charge in [-0.25, -0.2) is 19.6 Å². The molecule has 0 bridgehead atoms. The van der Waals surface area contributed by atoms with Gasteiger partial charge >= 0.3 is 18.1 Å². The van der Waals surface area contributed by atoms with E-state index in [-0.39, 0.29) is 31.7 Å². The predicted molar refractivity (Wildman–Crippen MR) is 131 cm³/mol. The number of fused-ring (bicyclic) bond motifs is 1. The standard InChI is InChI=1S/C15H21N5O4.C7H12O4.CHN/c1-22-11(8-23-15(21)24-12-6-17-7-12)4-2-10-3-5-13-14(16)18-9-19-20(10)13;1-7(2,3-5(8)9)4-6(10)11;1-2/h3,5,9,11-12,17H,2,4,6-8H2,1H3,(H2,16,18,19);3-4H2,1-2H3,(H,8,9)(H,10,11);1H. The number of hydrogen-bond donors (Lipinski definition) is 4. The molecular formula is C23H34N6O8. The molecule has 3 rings (SSSR count). The van der Waals surface area contributed by atoms with Crippen LogP contribution >= 0.6 is 0 Å². The number of aliphatic carboxylic acids is 2. The largest absolute Gasteiger partial charge is 0.508 e. The van der Waals surface area contributed by atoms with Crippen molar-refractivity contribution in [1.29, 1.82) is 5.26 Å². The van der Waals surface area contributed by atoms with Crippen LogP contribution in [0.15, 0.2) is 18.5 Å². The number of nitrogens with zero attached hydrogens (tertiary/aromatic N) is 4. The van der Waals surface area contributed by atoms with Gasteiger partial charge in [-0.05, 0) is 30.4 Å². The molecule has 0 aromatic carbocycles. The Kier molecular flexibility index (Phi) is 12.8. The molecule has 0 amide bonds. The summed E-state index contributed by atoms with van der Waals surface area (Å²) in [6, 6.07) is 3.83. The molecular weight excluding hydrogens is 488 g/mol. The molecule has 204 valence electrons. The maximum absolute atomic E-state index is 11.5. The number of methoxy groups -OCH3 is 1. The number of carboxylic acids is 2. The normalized spacial score (nSPS) is 13.6. The van der Waals surface area contributed by atoms with E-state index < -0.39 is 23.5 Å². The number of nitriles is 1. The number of nitrogens with two attached hydrogens (primary N) is 1. The van der Waals surface area contributed by atoms with E-state index in [1.165, 1.54) is 6.33 Å². The van der Waals surface area contributed by atoms with Crippen LogP contribution in [0, 0.1) is 17.2 Å². The highest BCUT2D eigenvalue weighted by Crippen LogP contribution is 2.24. The first-order valence-electron chi connectivity index (χ1n) is 11.3. The number of nitrogen functional groups attached to an aromatic ring is 1. The second kappa shape index (κ2) is 15.2. The SMILES string of the molecule is C#N.CC(C)(CC(=O)O)CC(=O)O.COC(CCc1ccc2c(N)ncnn12)COC(=O)OC1CNC1. The first kappa shape index (κ1) is 31.1. The average Bonchev–Trinajstić information content (AvgIpc) is 3.21. The van der Waals surface area contributed by atoms with Crippen molar-refractivity contribution < 1.29 is 38.8 Å². The molecule has 1 atom stereocenters. The maximum atomic E-state index is 11.5. The lowest BCUT2D eigenvalue weighted by Gasteiger charge is -2.26. The summed E-state index contributed by atoms with van der Waals surface area (Å²) in [6.07, 6.45) is 1.61. The van der Waals surface area contributed by atoms with E-state index in [1.807, 2.05) is 12.1 Å². The van der Waals surface area contributed by atoms with Crippen molar-refractivity contribution >= 4 is 29.4 Å². The molecule has 14 heteroatoms. The number of ether oxygens (including phenoxy) is 3. The van der Waals surface area contributed by atoms with E-state index in [0.717, 1.165) is 11.2 Å². The third kappa shape index (κ3) is 11.1. The molecule has 5 N–H and O–H groups in total. The quantitative estimate of drug-likeness (QED) is 0.308. The van der Waals surface area contributed by atoms with Gasteiger partial charge in [0, 0.05) is 32.5 Å². The summed E-state index contributed by atoms with van der Waals surface area (Å²) in [7, 11) is 1.59. The highest BCUT2D eigenvalue weighted by Gasteiger charge is 2.25. The molecule has 0 spiro atoms. The summed E-state index contributed by atoms with van der Waals surface area (Å²) in [5.41, 5.74) is 6.92. The molecule has 1 unspecified atom stereocenters. The molecule has 2 aromatic heterocycles. The Morgan fingerprint density at radius 1 is 1.24 bits per heavy atom. The van der Waals surface area contributed by atoms with Crippen molar-refractivity contribution in [3.8, 4) is 6.57 Å². The molecule has 0 saturated carbocycles. The molecule has 3 heterocycles. The molecule has 1 fully saturated rings. The smallest absolute Gasteiger partial charge is 0.481 e. The fourth-order valence-corrected chi connectivity index (χ4v) is 3.33. The van der Waals surface area contributed by atoms with Crippen molar-refractivity contribution in [3.05, 3.63) is 24.2 Å². The van der Waals surface area contributed by atoms with Crippen LogP contribution in [0.3, 0.4) is 0 Å². The number of carboxylic acid groups (broad SMARTS) is 2. The molecule has 14 nitrogen and oxygen atoms in total. The Morgan fingerprint density at radius 2 is 1.86 bits per heavy atom. The third-order valence-electron chi connectivity index (χ3n) is 5.27. The number of carbonyl (C=O) groups is 3. The monoisotopic (exact) mass is 522 g/mol. The lowest BCUT2D eigenvalue weighted by atomic mass is 9.86. The van der Waals surface area contributed by atoms with Crippen LogP contribution in [0.1, 0.15) is 38.8 Å². The molecule has 2 aromatic rings. The maximum Gasteiger partial charge on any atom is 0.508 e. The van der Waals surface area contributed by atoms with Crippen molar-refractivity contribution in [1.82, 2.24) is 19.9 Å². The Balaban J connectivity index is 0.000000446. The molecule has 1 saturated heterocycles. The van der Waals surface area contributed by atoms with Gasteiger partial charge in [0.1, 0.15) is 24.6 Å². The summed E-state index contributed by atoms with van der Waals surface area (Å²) in [5.74, 6) is -1.48. The lowest BCUT2D eigenvalue weighted by Crippen LogP contribution is -2.49. The minimum Gasteiger partial charge on any atom is -0.481 e. The minimum atomic E-state index is -0.962. The summed E-state index contributed by atoms with van der Waals surface area (Å²) in [5, 5.41) is 30.5. The van der Waals surface area contributed by atoms with E-state index in [4.69, 9.17) is 35.4 Å². The van der Waals surface area contributed by atoms with Crippen LogP contribution < -0.4 is 11.1 Å². The van der Waals surface area contributed by atoms with Crippen molar-refractivity contribution in [3.63, 3.8) is 0 Å². The number of nitrogens with one attached hydrogen (secondary N) is 1. The van der Waals surface area contributed by atoms with Gasteiger partial charge in [-0.1, -0.05) is 13.8 Å². The van der Waals surface area contributed by atoms with Crippen molar-refractivity contribution in [2.45, 2.75) is 51.7 Å². The highest BCUT2D eigenvalue weighted by atomic mass is 16.7. The van der Waals surface area contributed by atoms with Crippen LogP contribution in [0.4, 0.5) is 10.6 Å². The van der Waals surface area contributed by atoms with Gasteiger partial charge in [0.15, 0.2) is 5.82 Å². The zero-order valence-corrected chi connectivity index (χ0v) is 21.1. The molecule has 1 aliphatic heterocycles. The average molecular weight is 523 g/mol. The van der Waals surface area contributed by atoms with Gasteiger partial charge in [0.2, 0.25) is 0 Å². The van der Waals surface area contributed by atoms with Crippen molar-refractivity contribution in [2.75, 3.05) is 32.5 Å². The zero-order chi connectivity index (χ0) is 28.0. The Morgan fingerprint density at radius 3 is 2.38 bits per heavy atom. The van der Waals surface area contributed by atoms with Crippen LogP contribution in [0.5, 0.6) is 0 Å². The molecule has 1 aliphatic rings. The Bertz CT molecular complexity index is 1030. The first-order valence-corrected chi connectivity index (χ1v) is 11.3. The van der Waals surface area contributed by atoms with Crippen LogP contribution in [0.25, 0.3) is 5.52 Å². The number of rotatable bonds is 11. The van der Waals surface area contributed by atoms with Crippen molar-refractivity contribution in [2.24, 2.45) is 5.41 Å². The van der Waals surface area contributed by atoms with Gasteiger partial charge < -0.3 is 35.5 Å². The number of carbonyl (C=O) groups excluding carboxylic acids is 1. The Hall–Kier alpha value is -3.96. The Labute approximate surface area is 214 Å². The highest BCUT2D eigenvalue weighted by molar-refractivity contribution is 5.71. The summed E-state index contributed by atoms with van der Waals surface area (Å²) >= 11 is 0. The van der Waals surface area contributed by atoms with E-state index >= 15 is 0 Å². The topological polar surface area (TPSA) is 211 Å². The van der Waals surface area contributed by atoms with Gasteiger partial charge in [-0.3, -0.25) is 9.59 Å². The van der Waals surface area contributed by atoms with Crippen LogP contribution in [0.2, 0.25) is 0 Å². The summed E-state index contributed by atoms with van der Waals surface area (Å²) in [6.45, 7) is 8.24. The summed E-state index contributed by atoms with van der Waals surface area (Å²) < 4.78 is 17.3. The van der Waals surface area contributed by atoms with Gasteiger partial charge in [0.05, 0.1) is 18.9 Å². The number of anilines is 1. The fraction of sp³-hybridized carbons (Fsp3) is 0.565. The van der Waals surface area contributed by atoms with Gasteiger partial charge in [-0.2, -0.15) is 5.10 Å². The predicted octanol–water partition coefficient (Wildman–Crippen LogP) is 1.49. The second-order valence-electron chi connectivity index (χ2n) is 8.93. The third-order valence-corrected chi connectivity index (χ3v) is 5.27. The van der Waals surface area contributed by atoms with Gasteiger partial charge in [0.25, 0.3) is 0 Å².